The minimum absolute atomic E-state index is 0. The molecule has 130 valence electrons. The Morgan fingerprint density at radius 2 is 0.864 bits per heavy atom. The molecule has 0 aromatic heterocycles. The molecule has 0 saturated carbocycles. The summed E-state index contributed by atoms with van der Waals surface area (Å²) in [6.07, 6.45) is 0.940. The van der Waals surface area contributed by atoms with Gasteiger partial charge < -0.3 is 0 Å². The minimum atomic E-state index is -3.82. The van der Waals surface area contributed by atoms with Gasteiger partial charge in [0.1, 0.15) is 0 Å². The van der Waals surface area contributed by atoms with E-state index < -0.39 is 20.2 Å². The van der Waals surface area contributed by atoms with E-state index in [0.717, 1.165) is 34.5 Å². The molecule has 12 heteroatoms. The van der Waals surface area contributed by atoms with E-state index in [4.69, 9.17) is 9.11 Å². The van der Waals surface area contributed by atoms with Crippen molar-refractivity contribution in [3.05, 3.63) is 0 Å². The molecule has 0 aliphatic carbocycles. The molecule has 0 heterocycles. The van der Waals surface area contributed by atoms with Crippen molar-refractivity contribution in [2.24, 2.45) is 0 Å². The Morgan fingerprint density at radius 3 is 1.14 bits per heavy atom. The molecule has 0 saturated heterocycles. The van der Waals surface area contributed by atoms with Crippen LogP contribution in [0.15, 0.2) is 0 Å². The Morgan fingerprint density at radius 1 is 0.591 bits per heavy atom. The first-order valence-electron chi connectivity index (χ1n) is 6.34. The first kappa shape index (κ1) is 26.1. The first-order valence-corrected chi connectivity index (χ1v) is 13.0. The van der Waals surface area contributed by atoms with Crippen molar-refractivity contribution in [2.75, 3.05) is 46.0 Å². The average Bonchev–Trinajstić information content (AvgIpc) is 2.32. The van der Waals surface area contributed by atoms with Crippen LogP contribution in [0.5, 0.6) is 0 Å². The van der Waals surface area contributed by atoms with Gasteiger partial charge in [0.25, 0.3) is 20.2 Å². The number of hydrogen-bond donors (Lipinski definition) is 2. The number of thioether (sulfide) groups is 3. The van der Waals surface area contributed by atoms with Gasteiger partial charge in [-0.15, -0.1) is 0 Å². The van der Waals surface area contributed by atoms with Crippen molar-refractivity contribution >= 4 is 85.1 Å². The van der Waals surface area contributed by atoms with Crippen LogP contribution in [0.2, 0.25) is 0 Å². The second-order valence-corrected chi connectivity index (χ2v) is 10.9. The summed E-state index contributed by atoms with van der Waals surface area (Å²) >= 11 is 5.15. The summed E-state index contributed by atoms with van der Waals surface area (Å²) in [7, 11) is -7.64. The second-order valence-electron chi connectivity index (χ2n) is 4.12. The van der Waals surface area contributed by atoms with Crippen molar-refractivity contribution in [3.8, 4) is 0 Å². The molecule has 0 amide bonds. The second kappa shape index (κ2) is 15.2. The molecule has 0 fully saturated rings. The van der Waals surface area contributed by atoms with Crippen LogP contribution < -0.4 is 0 Å². The summed E-state index contributed by atoms with van der Waals surface area (Å²) in [6.45, 7) is 0. The van der Waals surface area contributed by atoms with Crippen LogP contribution in [-0.2, 0) is 20.2 Å². The third-order valence-electron chi connectivity index (χ3n) is 2.13. The molecule has 22 heavy (non-hydrogen) atoms. The van der Waals surface area contributed by atoms with Gasteiger partial charge in [0.2, 0.25) is 0 Å². The quantitative estimate of drug-likeness (QED) is 0.241. The Kier molecular flexibility index (Phi) is 18.0. The van der Waals surface area contributed by atoms with Gasteiger partial charge in [-0.1, -0.05) is 0 Å². The molecule has 0 radical (unpaired) electrons. The van der Waals surface area contributed by atoms with E-state index in [0.29, 0.717) is 12.8 Å². The Bertz CT molecular complexity index is 410. The van der Waals surface area contributed by atoms with Crippen molar-refractivity contribution in [3.63, 3.8) is 0 Å². The summed E-state index contributed by atoms with van der Waals surface area (Å²) in [5.74, 6) is 4.98. The summed E-state index contributed by atoms with van der Waals surface area (Å²) < 4.78 is 58.9. The summed E-state index contributed by atoms with van der Waals surface area (Å²) in [6, 6.07) is 0. The van der Waals surface area contributed by atoms with Gasteiger partial charge in [0, 0.05) is 23.0 Å². The van der Waals surface area contributed by atoms with E-state index in [1.165, 1.54) is 0 Å². The Labute approximate surface area is 168 Å². The van der Waals surface area contributed by atoms with E-state index in [-0.39, 0.29) is 41.1 Å². The molecule has 0 unspecified atom stereocenters. The Hall–Kier alpha value is 1.87. The van der Waals surface area contributed by atoms with Gasteiger partial charge >= 0.3 is 29.6 Å². The van der Waals surface area contributed by atoms with Crippen LogP contribution in [-0.4, -0.2) is 102 Å². The van der Waals surface area contributed by atoms with Crippen LogP contribution in [0.1, 0.15) is 12.8 Å². The fourth-order valence-corrected chi connectivity index (χ4v) is 5.81. The molecule has 0 bridgehead atoms. The summed E-state index contributed by atoms with van der Waals surface area (Å²) in [5.41, 5.74) is 0. The molecule has 0 spiro atoms. The van der Waals surface area contributed by atoms with Crippen LogP contribution in [0.3, 0.4) is 0 Å². The van der Waals surface area contributed by atoms with Gasteiger partial charge in [0.05, 0.1) is 11.5 Å². The maximum absolute atomic E-state index is 10.5. The summed E-state index contributed by atoms with van der Waals surface area (Å²) in [5, 5.41) is 0. The fourth-order valence-electron chi connectivity index (χ4n) is 1.23. The number of rotatable bonds is 14. The van der Waals surface area contributed by atoms with Crippen molar-refractivity contribution < 1.29 is 25.9 Å². The predicted molar refractivity (Wildman–Crippen MR) is 101 cm³/mol. The van der Waals surface area contributed by atoms with Gasteiger partial charge in [-0.3, -0.25) is 9.11 Å². The monoisotopic (exact) mass is 422 g/mol. The molecule has 0 rings (SSSR count). The topological polar surface area (TPSA) is 109 Å². The van der Waals surface area contributed by atoms with Crippen molar-refractivity contribution in [1.29, 1.82) is 0 Å². The first-order chi connectivity index (χ1) is 9.71. The van der Waals surface area contributed by atoms with Crippen LogP contribution in [0.4, 0.5) is 0 Å². The molecule has 0 aromatic carbocycles. The van der Waals surface area contributed by atoms with Crippen LogP contribution in [0.25, 0.3) is 0 Å². The van der Waals surface area contributed by atoms with E-state index in [9.17, 15) is 16.8 Å². The zero-order valence-corrected chi connectivity index (χ0v) is 15.7. The molecule has 6 nitrogen and oxygen atoms in total. The van der Waals surface area contributed by atoms with Gasteiger partial charge in [0.15, 0.2) is 0 Å². The predicted octanol–water partition coefficient (Wildman–Crippen LogP) is 1.09. The van der Waals surface area contributed by atoms with Crippen molar-refractivity contribution in [2.45, 2.75) is 12.8 Å². The van der Waals surface area contributed by atoms with E-state index in [1.807, 2.05) is 0 Å². The zero-order valence-electron chi connectivity index (χ0n) is 11.6. The standard InChI is InChI=1S/C10H22O6S5.Na.H/c11-20(12,13)9-1-3-17-5-7-19-8-6-18-4-2-10-21(14,15)16;;/h1-10H2,(H,11,12,13)(H,14,15,16);;. The third-order valence-corrected chi connectivity index (χ3v) is 7.38. The molecular weight excluding hydrogens is 399 g/mol. The van der Waals surface area contributed by atoms with Gasteiger partial charge in [-0.2, -0.15) is 52.1 Å². The maximum atomic E-state index is 10.5. The van der Waals surface area contributed by atoms with E-state index >= 15 is 0 Å². The molecule has 0 aliphatic rings. The molecular formula is C10H23NaO6S5. The van der Waals surface area contributed by atoms with Crippen LogP contribution >= 0.6 is 35.3 Å². The molecule has 0 aliphatic heterocycles. The average molecular weight is 423 g/mol. The Balaban J connectivity index is 0. The zero-order chi connectivity index (χ0) is 16.2. The number of hydrogen-bond acceptors (Lipinski definition) is 7. The van der Waals surface area contributed by atoms with E-state index in [2.05, 4.69) is 0 Å². The molecule has 2 N–H and O–H groups in total. The van der Waals surface area contributed by atoms with Crippen molar-refractivity contribution in [1.82, 2.24) is 0 Å². The molecule has 0 atom stereocenters. The van der Waals surface area contributed by atoms with Gasteiger partial charge in [-0.05, 0) is 24.3 Å². The normalized spacial score (nSPS) is 12.1. The fraction of sp³-hybridized carbons (Fsp3) is 1.00. The van der Waals surface area contributed by atoms with Crippen LogP contribution in [0, 0.1) is 0 Å². The summed E-state index contributed by atoms with van der Waals surface area (Å²) in [4.78, 5) is 0. The van der Waals surface area contributed by atoms with Gasteiger partial charge in [-0.25, -0.2) is 0 Å². The van der Waals surface area contributed by atoms with E-state index in [1.54, 1.807) is 35.3 Å². The SMILES string of the molecule is O=S(=O)(O)CCCSCCSCCSCCCS(=O)(=O)O.[NaH]. The molecule has 0 aromatic rings. The third kappa shape index (κ3) is 24.1.